The molecule has 1 aliphatic carbocycles. The molecule has 1 saturated carbocycles. The summed E-state index contributed by atoms with van der Waals surface area (Å²) in [5.74, 6) is -0.435. The maximum atomic E-state index is 14.1. The number of carbonyl (C=O) groups is 2. The first-order chi connectivity index (χ1) is 20.0. The zero-order chi connectivity index (χ0) is 30.4. The van der Waals surface area contributed by atoms with E-state index in [0.29, 0.717) is 26.4 Å². The van der Waals surface area contributed by atoms with Crippen LogP contribution in [0.3, 0.4) is 0 Å². The molecule has 224 valence electrons. The number of sulfonamides is 1. The predicted octanol–water partition coefficient (Wildman–Crippen LogP) is 6.33. The quantitative estimate of drug-likeness (QED) is 0.261. The first-order valence-electron chi connectivity index (χ1n) is 13.5. The third kappa shape index (κ3) is 7.69. The van der Waals surface area contributed by atoms with Crippen molar-refractivity contribution >= 4 is 62.3 Å². The molecule has 1 N–H and O–H groups in total. The molecule has 1 fully saturated rings. The van der Waals surface area contributed by atoms with Crippen molar-refractivity contribution in [1.29, 1.82) is 0 Å². The van der Waals surface area contributed by atoms with Crippen LogP contribution in [-0.4, -0.2) is 50.9 Å². The summed E-state index contributed by atoms with van der Waals surface area (Å²) in [7, 11) is -2.75. The number of nitrogens with zero attached hydrogens (tertiary/aromatic N) is 2. The molecule has 12 heteroatoms. The van der Waals surface area contributed by atoms with Crippen LogP contribution in [-0.2, 0) is 26.2 Å². The van der Waals surface area contributed by atoms with E-state index in [1.54, 1.807) is 37.3 Å². The molecule has 0 heterocycles. The normalized spacial score (nSPS) is 14.3. The Morgan fingerprint density at radius 2 is 1.57 bits per heavy atom. The highest BCUT2D eigenvalue weighted by Gasteiger charge is 2.33. The van der Waals surface area contributed by atoms with Gasteiger partial charge in [0.15, 0.2) is 0 Å². The van der Waals surface area contributed by atoms with Crippen molar-refractivity contribution in [2.75, 3.05) is 18.0 Å². The lowest BCUT2D eigenvalue weighted by Crippen LogP contribution is -2.52. The number of benzene rings is 3. The Morgan fingerprint density at radius 1 is 0.952 bits per heavy atom. The minimum Gasteiger partial charge on any atom is -0.497 e. The van der Waals surface area contributed by atoms with Crippen LogP contribution in [0.15, 0.2) is 71.6 Å². The molecule has 1 unspecified atom stereocenters. The second-order valence-electron chi connectivity index (χ2n) is 10.1. The van der Waals surface area contributed by atoms with Crippen molar-refractivity contribution < 1.29 is 22.7 Å². The number of halogens is 3. The zero-order valence-electron chi connectivity index (χ0n) is 23.2. The van der Waals surface area contributed by atoms with Gasteiger partial charge in [-0.1, -0.05) is 53.7 Å². The van der Waals surface area contributed by atoms with Crippen LogP contribution in [0, 0.1) is 0 Å². The van der Waals surface area contributed by atoms with Gasteiger partial charge in [-0.15, -0.1) is 0 Å². The second kappa shape index (κ2) is 14.0. The lowest BCUT2D eigenvalue weighted by Gasteiger charge is -2.32. The molecule has 2 amide bonds. The molecule has 1 atom stereocenters. The Bertz CT molecular complexity index is 1510. The van der Waals surface area contributed by atoms with Crippen LogP contribution in [0.5, 0.6) is 5.75 Å². The Morgan fingerprint density at radius 3 is 2.17 bits per heavy atom. The summed E-state index contributed by atoms with van der Waals surface area (Å²) in [6, 6.07) is 16.0. The number of hydrogen-bond acceptors (Lipinski definition) is 5. The van der Waals surface area contributed by atoms with Crippen molar-refractivity contribution in [3.63, 3.8) is 0 Å². The smallest absolute Gasteiger partial charge is 0.264 e. The van der Waals surface area contributed by atoms with Crippen LogP contribution in [0.1, 0.15) is 38.2 Å². The Labute approximate surface area is 261 Å². The van der Waals surface area contributed by atoms with E-state index in [9.17, 15) is 18.0 Å². The number of hydrogen-bond donors (Lipinski definition) is 1. The first-order valence-corrected chi connectivity index (χ1v) is 16.0. The second-order valence-corrected chi connectivity index (χ2v) is 13.2. The van der Waals surface area contributed by atoms with Crippen molar-refractivity contribution in [1.82, 2.24) is 10.2 Å². The lowest BCUT2D eigenvalue weighted by atomic mass is 10.1. The average molecular weight is 653 g/mol. The summed E-state index contributed by atoms with van der Waals surface area (Å²) in [5, 5.41) is 4.19. The van der Waals surface area contributed by atoms with Crippen LogP contribution in [0.2, 0.25) is 15.1 Å². The standard InChI is InChI=1S/C30H32Cl3N3O5S/c1-20(30(38)34-24-5-3-4-6-24)35(18-21-7-8-23(32)17-28(21)33)29(37)19-36(25-11-9-22(31)10-12-25)42(39,40)27-15-13-26(41-2)14-16-27/h7-17,20,24H,3-6,18-19H2,1-2H3,(H,34,38). The highest BCUT2D eigenvalue weighted by atomic mass is 35.5. The van der Waals surface area contributed by atoms with E-state index in [0.717, 1.165) is 30.0 Å². The van der Waals surface area contributed by atoms with Gasteiger partial charge in [-0.05, 0) is 86.0 Å². The largest absolute Gasteiger partial charge is 0.497 e. The molecule has 0 saturated heterocycles. The van der Waals surface area contributed by atoms with Crippen LogP contribution in [0.25, 0.3) is 0 Å². The summed E-state index contributed by atoms with van der Waals surface area (Å²) in [6.07, 6.45) is 3.81. The van der Waals surface area contributed by atoms with Gasteiger partial charge >= 0.3 is 0 Å². The molecule has 0 aliphatic heterocycles. The van der Waals surface area contributed by atoms with Gasteiger partial charge in [0.05, 0.1) is 17.7 Å². The highest BCUT2D eigenvalue weighted by molar-refractivity contribution is 7.92. The van der Waals surface area contributed by atoms with Crippen LogP contribution < -0.4 is 14.4 Å². The number of ether oxygens (including phenoxy) is 1. The van der Waals surface area contributed by atoms with E-state index in [1.165, 1.54) is 48.4 Å². The summed E-state index contributed by atoms with van der Waals surface area (Å²) < 4.78 is 34.0. The molecule has 42 heavy (non-hydrogen) atoms. The van der Waals surface area contributed by atoms with E-state index < -0.39 is 28.5 Å². The summed E-state index contributed by atoms with van der Waals surface area (Å²) in [5.41, 5.74) is 0.794. The van der Waals surface area contributed by atoms with E-state index in [2.05, 4.69) is 5.32 Å². The van der Waals surface area contributed by atoms with E-state index >= 15 is 0 Å². The van der Waals surface area contributed by atoms with E-state index in [4.69, 9.17) is 39.5 Å². The van der Waals surface area contributed by atoms with Gasteiger partial charge in [0, 0.05) is 27.7 Å². The molecule has 0 radical (unpaired) electrons. The van der Waals surface area contributed by atoms with E-state index in [-0.39, 0.29) is 29.1 Å². The SMILES string of the molecule is COc1ccc(S(=O)(=O)N(CC(=O)N(Cc2ccc(Cl)cc2Cl)C(C)C(=O)NC2CCCC2)c2ccc(Cl)cc2)cc1. The fourth-order valence-electron chi connectivity index (χ4n) is 4.82. The third-order valence-electron chi connectivity index (χ3n) is 7.27. The molecular weight excluding hydrogens is 621 g/mol. The summed E-state index contributed by atoms with van der Waals surface area (Å²) in [4.78, 5) is 28.7. The molecular formula is C30H32Cl3N3O5S. The van der Waals surface area contributed by atoms with Crippen molar-refractivity contribution in [3.8, 4) is 5.75 Å². The molecule has 8 nitrogen and oxygen atoms in total. The lowest BCUT2D eigenvalue weighted by molar-refractivity contribution is -0.139. The average Bonchev–Trinajstić information content (AvgIpc) is 3.48. The topological polar surface area (TPSA) is 96.0 Å². The van der Waals surface area contributed by atoms with Crippen molar-refractivity contribution in [2.24, 2.45) is 0 Å². The highest BCUT2D eigenvalue weighted by Crippen LogP contribution is 2.28. The molecule has 0 spiro atoms. The fourth-order valence-corrected chi connectivity index (χ4v) is 6.83. The molecule has 4 rings (SSSR count). The minimum atomic E-state index is -4.23. The zero-order valence-corrected chi connectivity index (χ0v) is 26.3. The number of methoxy groups -OCH3 is 1. The molecule has 3 aromatic rings. The van der Waals surface area contributed by atoms with Crippen molar-refractivity contribution in [3.05, 3.63) is 87.4 Å². The van der Waals surface area contributed by atoms with Gasteiger partial charge in [-0.25, -0.2) is 8.42 Å². The summed E-state index contributed by atoms with van der Waals surface area (Å²) in [6.45, 7) is 1.00. The fraction of sp³-hybridized carbons (Fsp3) is 0.333. The molecule has 0 aromatic heterocycles. The minimum absolute atomic E-state index is 0.0366. The summed E-state index contributed by atoms with van der Waals surface area (Å²) >= 11 is 18.6. The molecule has 3 aromatic carbocycles. The molecule has 1 aliphatic rings. The van der Waals surface area contributed by atoms with Crippen LogP contribution in [0.4, 0.5) is 5.69 Å². The Hall–Kier alpha value is -2.98. The van der Waals surface area contributed by atoms with Crippen molar-refractivity contribution in [2.45, 2.75) is 56.1 Å². The first kappa shape index (κ1) is 31.9. The van der Waals surface area contributed by atoms with Gasteiger partial charge in [0.25, 0.3) is 10.0 Å². The van der Waals surface area contributed by atoms with Gasteiger partial charge in [0.2, 0.25) is 11.8 Å². The maximum absolute atomic E-state index is 14.1. The molecule has 0 bridgehead atoms. The number of carbonyl (C=O) groups excluding carboxylic acids is 2. The monoisotopic (exact) mass is 651 g/mol. The van der Waals surface area contributed by atoms with Gasteiger partial charge < -0.3 is 15.0 Å². The number of nitrogens with one attached hydrogen (secondary N) is 1. The Balaban J connectivity index is 1.70. The number of amides is 2. The van der Waals surface area contributed by atoms with E-state index in [1.807, 2.05) is 0 Å². The van der Waals surface area contributed by atoms with Gasteiger partial charge in [0.1, 0.15) is 18.3 Å². The van der Waals surface area contributed by atoms with Gasteiger partial charge in [-0.3, -0.25) is 13.9 Å². The van der Waals surface area contributed by atoms with Gasteiger partial charge in [-0.2, -0.15) is 0 Å². The number of anilines is 1. The number of rotatable bonds is 11. The maximum Gasteiger partial charge on any atom is 0.264 e. The van der Waals surface area contributed by atoms with Crippen LogP contribution >= 0.6 is 34.8 Å². The third-order valence-corrected chi connectivity index (χ3v) is 9.89. The Kier molecular flexibility index (Phi) is 10.6. The predicted molar refractivity (Wildman–Crippen MR) is 166 cm³/mol.